The third kappa shape index (κ3) is 0.639. The summed E-state index contributed by atoms with van der Waals surface area (Å²) in [5, 5.41) is 2.53. The smallest absolute Gasteiger partial charge is 0.0475 e. The van der Waals surface area contributed by atoms with E-state index >= 15 is 0 Å². The lowest BCUT2D eigenvalue weighted by Gasteiger charge is -1.90. The molecule has 58 valence electrons. The molecule has 3 aromatic rings. The van der Waals surface area contributed by atoms with Gasteiger partial charge in [0.1, 0.15) is 0 Å². The molecular weight excluding hydrogens is 148 g/mol. The maximum absolute atomic E-state index is 3.18. The summed E-state index contributed by atoms with van der Waals surface area (Å²) in [6.07, 6.45) is 3.92. The molecule has 0 unspecified atom stereocenters. The van der Waals surface area contributed by atoms with E-state index in [4.69, 9.17) is 0 Å². The van der Waals surface area contributed by atoms with Crippen molar-refractivity contribution in [3.05, 3.63) is 36.7 Å². The number of nitrogens with one attached hydrogen (secondary N) is 2. The predicted octanol–water partition coefficient (Wildman–Crippen LogP) is 2.65. The van der Waals surface area contributed by atoms with E-state index in [1.54, 1.807) is 0 Å². The minimum absolute atomic E-state index is 1.19. The number of benzene rings is 1. The van der Waals surface area contributed by atoms with Crippen LogP contribution in [0.1, 0.15) is 0 Å². The molecule has 0 bridgehead atoms. The molecule has 0 atom stereocenters. The molecule has 0 aliphatic heterocycles. The van der Waals surface area contributed by atoms with Crippen LogP contribution in [-0.4, -0.2) is 9.97 Å². The van der Waals surface area contributed by atoms with Crippen LogP contribution >= 0.6 is 0 Å². The maximum atomic E-state index is 3.18. The summed E-state index contributed by atoms with van der Waals surface area (Å²) in [5.41, 5.74) is 2.37. The summed E-state index contributed by atoms with van der Waals surface area (Å²) >= 11 is 0. The summed E-state index contributed by atoms with van der Waals surface area (Å²) < 4.78 is 0. The summed E-state index contributed by atoms with van der Waals surface area (Å²) in [4.78, 5) is 6.36. The average Bonchev–Trinajstić information content (AvgIpc) is 2.64. The van der Waals surface area contributed by atoms with Gasteiger partial charge in [-0.1, -0.05) is 0 Å². The molecule has 0 spiro atoms. The Labute approximate surface area is 69.2 Å². The van der Waals surface area contributed by atoms with Gasteiger partial charge in [-0.05, 0) is 24.3 Å². The van der Waals surface area contributed by atoms with Crippen LogP contribution in [0.5, 0.6) is 0 Å². The van der Waals surface area contributed by atoms with Gasteiger partial charge in [-0.15, -0.1) is 0 Å². The van der Waals surface area contributed by atoms with Gasteiger partial charge in [0.2, 0.25) is 0 Å². The third-order valence-electron chi connectivity index (χ3n) is 2.23. The summed E-state index contributed by atoms with van der Waals surface area (Å²) in [7, 11) is 0. The van der Waals surface area contributed by atoms with Crippen molar-refractivity contribution in [2.75, 3.05) is 0 Å². The fraction of sp³-hybridized carbons (Fsp3) is 0. The van der Waals surface area contributed by atoms with Crippen LogP contribution in [0.3, 0.4) is 0 Å². The highest BCUT2D eigenvalue weighted by Crippen LogP contribution is 2.20. The highest BCUT2D eigenvalue weighted by Gasteiger charge is 1.97. The lowest BCUT2D eigenvalue weighted by atomic mass is 10.2. The number of H-pyrrole nitrogens is 2. The van der Waals surface area contributed by atoms with E-state index in [0.717, 1.165) is 0 Å². The molecule has 0 saturated heterocycles. The molecule has 0 saturated carbocycles. The van der Waals surface area contributed by atoms with E-state index in [9.17, 15) is 0 Å². The maximum Gasteiger partial charge on any atom is 0.0475 e. The molecule has 0 aliphatic rings. The van der Waals surface area contributed by atoms with Crippen LogP contribution < -0.4 is 0 Å². The van der Waals surface area contributed by atoms with Crippen LogP contribution in [-0.2, 0) is 0 Å². The molecule has 0 amide bonds. The van der Waals surface area contributed by atoms with Crippen molar-refractivity contribution in [2.24, 2.45) is 0 Å². The summed E-state index contributed by atoms with van der Waals surface area (Å²) in [6, 6.07) is 8.48. The Kier molecular flexibility index (Phi) is 0.939. The highest BCUT2D eigenvalue weighted by molar-refractivity contribution is 5.95. The molecule has 0 aliphatic carbocycles. The first-order valence-corrected chi connectivity index (χ1v) is 3.98. The molecule has 3 rings (SSSR count). The number of aromatic nitrogens is 2. The van der Waals surface area contributed by atoms with Gasteiger partial charge >= 0.3 is 0 Å². The SMILES string of the molecule is c1cc2cc3cc[nH]c3cc2[nH]1. The second-order valence-electron chi connectivity index (χ2n) is 2.98. The number of fused-ring (bicyclic) bond motifs is 2. The molecule has 2 aromatic heterocycles. The molecule has 2 N–H and O–H groups in total. The zero-order valence-corrected chi connectivity index (χ0v) is 6.46. The molecule has 0 radical (unpaired) electrons. The zero-order valence-electron chi connectivity index (χ0n) is 6.46. The Hall–Kier alpha value is -1.70. The number of aromatic amines is 2. The van der Waals surface area contributed by atoms with E-state index in [0.29, 0.717) is 0 Å². The highest BCUT2D eigenvalue weighted by atomic mass is 14.7. The Morgan fingerprint density at radius 2 is 1.33 bits per heavy atom. The van der Waals surface area contributed by atoms with Crippen molar-refractivity contribution in [1.29, 1.82) is 0 Å². The summed E-state index contributed by atoms with van der Waals surface area (Å²) in [5.74, 6) is 0. The number of hydrogen-bond acceptors (Lipinski definition) is 0. The van der Waals surface area contributed by atoms with Gasteiger partial charge in [-0.2, -0.15) is 0 Å². The molecule has 0 fully saturated rings. The van der Waals surface area contributed by atoms with Crippen LogP contribution in [0.2, 0.25) is 0 Å². The third-order valence-corrected chi connectivity index (χ3v) is 2.23. The van der Waals surface area contributed by atoms with Crippen LogP contribution in [0.4, 0.5) is 0 Å². The molecule has 2 nitrogen and oxygen atoms in total. The minimum atomic E-state index is 1.19. The lowest BCUT2D eigenvalue weighted by Crippen LogP contribution is -1.69. The van der Waals surface area contributed by atoms with Gasteiger partial charge in [-0.25, -0.2) is 0 Å². The largest absolute Gasteiger partial charge is 0.361 e. The minimum Gasteiger partial charge on any atom is -0.361 e. The van der Waals surface area contributed by atoms with Crippen molar-refractivity contribution in [3.63, 3.8) is 0 Å². The molecule has 2 heterocycles. The second kappa shape index (κ2) is 1.91. The second-order valence-corrected chi connectivity index (χ2v) is 2.98. The van der Waals surface area contributed by atoms with E-state index in [1.165, 1.54) is 21.8 Å². The normalized spacial score (nSPS) is 11.3. The van der Waals surface area contributed by atoms with Crippen molar-refractivity contribution >= 4 is 21.8 Å². The fourth-order valence-electron chi connectivity index (χ4n) is 1.60. The number of rotatable bonds is 0. The van der Waals surface area contributed by atoms with Crippen LogP contribution in [0.15, 0.2) is 36.7 Å². The molecule has 12 heavy (non-hydrogen) atoms. The van der Waals surface area contributed by atoms with Gasteiger partial charge in [0.25, 0.3) is 0 Å². The van der Waals surface area contributed by atoms with E-state index in [1.807, 2.05) is 12.4 Å². The fourth-order valence-corrected chi connectivity index (χ4v) is 1.60. The van der Waals surface area contributed by atoms with Gasteiger partial charge in [-0.3, -0.25) is 0 Å². The van der Waals surface area contributed by atoms with E-state index in [2.05, 4.69) is 34.2 Å². The van der Waals surface area contributed by atoms with Gasteiger partial charge in [0, 0.05) is 34.2 Å². The first kappa shape index (κ1) is 5.89. The summed E-state index contributed by atoms with van der Waals surface area (Å²) in [6.45, 7) is 0. The first-order chi connectivity index (χ1) is 5.93. The Balaban J connectivity index is 2.62. The Bertz CT molecular complexity index is 440. The average molecular weight is 156 g/mol. The topological polar surface area (TPSA) is 31.6 Å². The molecule has 2 heteroatoms. The van der Waals surface area contributed by atoms with Crippen molar-refractivity contribution < 1.29 is 0 Å². The number of hydrogen-bond donors (Lipinski definition) is 2. The molecule has 1 aromatic carbocycles. The monoisotopic (exact) mass is 156 g/mol. The van der Waals surface area contributed by atoms with Crippen LogP contribution in [0.25, 0.3) is 21.8 Å². The van der Waals surface area contributed by atoms with Crippen molar-refractivity contribution in [3.8, 4) is 0 Å². The van der Waals surface area contributed by atoms with Crippen molar-refractivity contribution in [2.45, 2.75) is 0 Å². The first-order valence-electron chi connectivity index (χ1n) is 3.98. The quantitative estimate of drug-likeness (QED) is 0.501. The van der Waals surface area contributed by atoms with Crippen molar-refractivity contribution in [1.82, 2.24) is 9.97 Å². The molecular formula is C10H8N2. The van der Waals surface area contributed by atoms with Gasteiger partial charge in [0.15, 0.2) is 0 Å². The van der Waals surface area contributed by atoms with Crippen LogP contribution in [0, 0.1) is 0 Å². The predicted molar refractivity (Wildman–Crippen MR) is 50.2 cm³/mol. The lowest BCUT2D eigenvalue weighted by molar-refractivity contribution is 1.46. The standard InChI is InChI=1S/C10H8N2/c1-3-11-9-6-10-8(2-4-12-10)5-7(1)9/h1-6,11-12H. The Morgan fingerprint density at radius 3 is 1.92 bits per heavy atom. The Morgan fingerprint density at radius 1 is 0.750 bits per heavy atom. The van der Waals surface area contributed by atoms with Gasteiger partial charge < -0.3 is 9.97 Å². The van der Waals surface area contributed by atoms with E-state index < -0.39 is 0 Å². The van der Waals surface area contributed by atoms with Gasteiger partial charge in [0.05, 0.1) is 0 Å². The zero-order chi connectivity index (χ0) is 7.97. The van der Waals surface area contributed by atoms with E-state index in [-0.39, 0.29) is 0 Å².